The topological polar surface area (TPSA) is 49.7 Å². The van der Waals surface area contributed by atoms with Crippen LogP contribution in [0.1, 0.15) is 20.8 Å². The quantitative estimate of drug-likeness (QED) is 0.900. The van der Waals surface area contributed by atoms with Crippen molar-refractivity contribution in [2.75, 3.05) is 7.05 Å². The first kappa shape index (κ1) is 15.9. The molecule has 19 heavy (non-hydrogen) atoms. The molecule has 0 spiro atoms. The second-order valence-electron chi connectivity index (χ2n) is 4.95. The highest BCUT2D eigenvalue weighted by atomic mass is 32.2. The summed E-state index contributed by atoms with van der Waals surface area (Å²) in [6.45, 7) is 5.83. The molecule has 3 nitrogen and oxygen atoms in total. The molecule has 0 bridgehead atoms. The molecule has 0 saturated heterocycles. The van der Waals surface area contributed by atoms with Crippen LogP contribution < -0.4 is 0 Å². The number of benzene rings is 1. The van der Waals surface area contributed by atoms with Gasteiger partial charge in [-0.2, -0.15) is 0 Å². The number of nitrogens with zero attached hydrogens (tertiary/aromatic N) is 1. The van der Waals surface area contributed by atoms with Gasteiger partial charge in [-0.1, -0.05) is 38.1 Å². The normalized spacial score (nSPS) is 18.2. The van der Waals surface area contributed by atoms with Gasteiger partial charge in [0, 0.05) is 18.4 Å². The van der Waals surface area contributed by atoms with Gasteiger partial charge in [-0.3, -0.25) is 0 Å². The summed E-state index contributed by atoms with van der Waals surface area (Å²) in [7, 11) is -0.972. The number of aliphatic hydroxyl groups excluding tert-OH is 1. The molecule has 0 aromatic heterocycles. The first-order valence-corrected chi connectivity index (χ1v) is 8.05. The van der Waals surface area contributed by atoms with Gasteiger partial charge in [-0.15, -0.1) is 0 Å². The molecule has 0 saturated carbocycles. The Kier molecular flexibility index (Phi) is 5.76. The molecule has 3 atom stereocenters. The average molecular weight is 281 g/mol. The fourth-order valence-corrected chi connectivity index (χ4v) is 3.43. The largest absolute Gasteiger partial charge is 0.393 e. The highest BCUT2D eigenvalue weighted by Gasteiger charge is 2.17. The smallest absolute Gasteiger partial charge is 0.0963 e. The maximum atomic E-state index is 12.8. The van der Waals surface area contributed by atoms with E-state index in [1.165, 1.54) is 0 Å². The minimum absolute atomic E-state index is 0.0220. The van der Waals surface area contributed by atoms with E-state index >= 15 is 0 Å². The summed E-state index contributed by atoms with van der Waals surface area (Å²) in [5, 5.41) is 11.4. The molecule has 0 aliphatic rings. The van der Waals surface area contributed by atoms with Gasteiger partial charge in [-0.05, 0) is 25.0 Å². The number of hydrogen-bond donors (Lipinski definition) is 1. The van der Waals surface area contributed by atoms with Gasteiger partial charge in [0.15, 0.2) is 0 Å². The first-order valence-electron chi connectivity index (χ1n) is 6.47. The molecule has 0 amide bonds. The van der Waals surface area contributed by atoms with E-state index in [0.717, 1.165) is 0 Å². The van der Waals surface area contributed by atoms with Gasteiger partial charge in [0.2, 0.25) is 0 Å². The van der Waals surface area contributed by atoms with Crippen molar-refractivity contribution in [3.05, 3.63) is 41.8 Å². The molecule has 1 rings (SSSR count). The van der Waals surface area contributed by atoms with Crippen LogP contribution in [0.2, 0.25) is 0 Å². The molecule has 0 fully saturated rings. The number of rotatable bonds is 5. The zero-order chi connectivity index (χ0) is 14.5. The minimum atomic E-state index is -2.53. The van der Waals surface area contributed by atoms with Crippen LogP contribution in [-0.2, 0) is 9.73 Å². The van der Waals surface area contributed by atoms with Crippen LogP contribution in [0.3, 0.4) is 0 Å². The van der Waals surface area contributed by atoms with Crippen LogP contribution >= 0.6 is 0 Å². The van der Waals surface area contributed by atoms with Crippen molar-refractivity contribution in [3.8, 4) is 0 Å². The predicted octanol–water partition coefficient (Wildman–Crippen LogP) is 3.31. The summed E-state index contributed by atoms with van der Waals surface area (Å²) in [5.74, 6) is 0.263. The van der Waals surface area contributed by atoms with Gasteiger partial charge >= 0.3 is 0 Å². The van der Waals surface area contributed by atoms with Crippen molar-refractivity contribution in [1.29, 1.82) is 0 Å². The molecular weight excluding hydrogens is 258 g/mol. The minimum Gasteiger partial charge on any atom is -0.393 e. The van der Waals surface area contributed by atoms with E-state index < -0.39 is 15.8 Å². The Morgan fingerprint density at radius 1 is 1.21 bits per heavy atom. The Labute approximate surface area is 116 Å². The van der Waals surface area contributed by atoms with Gasteiger partial charge in [-0.25, -0.2) is 8.57 Å². The zero-order valence-electron chi connectivity index (χ0n) is 12.0. The lowest BCUT2D eigenvalue weighted by Gasteiger charge is -2.20. The SMILES string of the molecule is CN=S(=O)(/C=C/[C@@H](C(C)C)[C@H](C)O)c1ccccc1. The van der Waals surface area contributed by atoms with Crippen LogP contribution in [0, 0.1) is 11.8 Å². The van der Waals surface area contributed by atoms with Crippen molar-refractivity contribution >= 4 is 9.73 Å². The Bertz CT molecular complexity index is 518. The van der Waals surface area contributed by atoms with Gasteiger partial charge in [0.1, 0.15) is 0 Å². The second kappa shape index (κ2) is 6.87. The van der Waals surface area contributed by atoms with Crippen LogP contribution in [0.25, 0.3) is 0 Å². The molecular formula is C15H23NO2S. The average Bonchev–Trinajstić information content (AvgIpc) is 2.38. The molecule has 1 N–H and O–H groups in total. The summed E-state index contributed by atoms with van der Waals surface area (Å²) in [6, 6.07) is 9.21. The molecule has 0 radical (unpaired) electrons. The Morgan fingerprint density at radius 3 is 2.21 bits per heavy atom. The summed E-state index contributed by atoms with van der Waals surface area (Å²) in [6.07, 6.45) is 1.37. The molecule has 0 heterocycles. The molecule has 106 valence electrons. The predicted molar refractivity (Wildman–Crippen MR) is 80.4 cm³/mol. The first-order chi connectivity index (χ1) is 8.90. The van der Waals surface area contributed by atoms with Crippen molar-refractivity contribution in [1.82, 2.24) is 0 Å². The van der Waals surface area contributed by atoms with Crippen LogP contribution in [0.15, 0.2) is 51.1 Å². The molecule has 4 heteroatoms. The van der Waals surface area contributed by atoms with E-state index in [2.05, 4.69) is 4.36 Å². The van der Waals surface area contributed by atoms with E-state index in [0.29, 0.717) is 4.90 Å². The third kappa shape index (κ3) is 4.18. The van der Waals surface area contributed by atoms with Crippen molar-refractivity contribution in [3.63, 3.8) is 0 Å². The van der Waals surface area contributed by atoms with Crippen LogP contribution in [-0.4, -0.2) is 22.5 Å². The summed E-state index contributed by atoms with van der Waals surface area (Å²) in [4.78, 5) is 0.696. The summed E-state index contributed by atoms with van der Waals surface area (Å²) >= 11 is 0. The zero-order valence-corrected chi connectivity index (χ0v) is 12.8. The van der Waals surface area contributed by atoms with Gasteiger partial charge < -0.3 is 5.11 Å². The third-order valence-electron chi connectivity index (χ3n) is 3.16. The second-order valence-corrected chi connectivity index (χ2v) is 7.20. The van der Waals surface area contributed by atoms with E-state index in [4.69, 9.17) is 0 Å². The molecule has 1 aromatic rings. The Hall–Kier alpha value is -1.13. The van der Waals surface area contributed by atoms with E-state index in [1.807, 2.05) is 50.3 Å². The monoisotopic (exact) mass is 281 g/mol. The van der Waals surface area contributed by atoms with Crippen LogP contribution in [0.4, 0.5) is 0 Å². The van der Waals surface area contributed by atoms with Crippen molar-refractivity contribution in [2.24, 2.45) is 16.2 Å². The molecule has 1 unspecified atom stereocenters. The lowest BCUT2D eigenvalue weighted by Crippen LogP contribution is -2.20. The van der Waals surface area contributed by atoms with Crippen molar-refractivity contribution in [2.45, 2.75) is 31.8 Å². The Balaban J connectivity index is 3.10. The maximum Gasteiger partial charge on any atom is 0.0963 e. The summed E-state index contributed by atoms with van der Waals surface area (Å²) in [5.41, 5.74) is 0. The van der Waals surface area contributed by atoms with Crippen LogP contribution in [0.5, 0.6) is 0 Å². The van der Waals surface area contributed by atoms with Gasteiger partial charge in [0.05, 0.1) is 20.7 Å². The van der Waals surface area contributed by atoms with Gasteiger partial charge in [0.25, 0.3) is 0 Å². The van der Waals surface area contributed by atoms with E-state index in [-0.39, 0.29) is 11.8 Å². The standard InChI is InChI=1S/C15H23NO2S/c1-12(2)15(13(3)17)10-11-19(18,16-4)14-8-6-5-7-9-14/h5-13,15,17H,1-4H3/b11-10+/t13-,15-,19?/m0/s1. The van der Waals surface area contributed by atoms with E-state index in [1.54, 1.807) is 19.4 Å². The fraction of sp³-hybridized carbons (Fsp3) is 0.467. The molecule has 0 aliphatic heterocycles. The fourth-order valence-electron chi connectivity index (χ4n) is 2.00. The highest BCUT2D eigenvalue weighted by Crippen LogP contribution is 2.20. The van der Waals surface area contributed by atoms with Crippen molar-refractivity contribution < 1.29 is 9.32 Å². The highest BCUT2D eigenvalue weighted by molar-refractivity contribution is 7.96. The lowest BCUT2D eigenvalue weighted by atomic mass is 9.91. The number of aliphatic hydroxyl groups is 1. The van der Waals surface area contributed by atoms with E-state index in [9.17, 15) is 9.32 Å². The maximum absolute atomic E-state index is 12.8. The Morgan fingerprint density at radius 2 is 1.79 bits per heavy atom. The number of hydrogen-bond acceptors (Lipinski definition) is 3. The summed E-state index contributed by atoms with van der Waals surface area (Å²) < 4.78 is 16.8. The third-order valence-corrected chi connectivity index (χ3v) is 5.18. The molecule has 1 aromatic carbocycles. The lowest BCUT2D eigenvalue weighted by molar-refractivity contribution is 0.125. The molecule has 0 aliphatic carbocycles.